The summed E-state index contributed by atoms with van der Waals surface area (Å²) in [5.41, 5.74) is 0.659. The third-order valence-electron chi connectivity index (χ3n) is 3.44. The van der Waals surface area contributed by atoms with Crippen LogP contribution in [0.3, 0.4) is 0 Å². The molecule has 0 saturated carbocycles. The summed E-state index contributed by atoms with van der Waals surface area (Å²) in [6.07, 6.45) is 1.06. The highest BCUT2D eigenvalue weighted by Crippen LogP contribution is 2.28. The molecular weight excluding hydrogens is 243 g/mol. The van der Waals surface area contributed by atoms with Crippen molar-refractivity contribution in [2.75, 3.05) is 33.7 Å². The first-order valence-electron chi connectivity index (χ1n) is 6.83. The second kappa shape index (κ2) is 7.46. The highest BCUT2D eigenvalue weighted by atomic mass is 19.1. The number of nitrogens with zero attached hydrogens (tertiary/aromatic N) is 2. The van der Waals surface area contributed by atoms with Crippen molar-refractivity contribution in [1.29, 1.82) is 0 Å². The average Bonchev–Trinajstić information content (AvgIpc) is 2.36. The van der Waals surface area contributed by atoms with E-state index in [2.05, 4.69) is 30.8 Å². The van der Waals surface area contributed by atoms with Crippen LogP contribution in [0, 0.1) is 5.82 Å². The molecule has 4 heteroatoms. The van der Waals surface area contributed by atoms with E-state index in [0.29, 0.717) is 5.56 Å². The fourth-order valence-corrected chi connectivity index (χ4v) is 2.27. The van der Waals surface area contributed by atoms with Gasteiger partial charge in [0.15, 0.2) is 0 Å². The fraction of sp³-hybridized carbons (Fsp3) is 0.600. The summed E-state index contributed by atoms with van der Waals surface area (Å²) < 4.78 is 13.3. The molecule has 1 aromatic carbocycles. The molecule has 1 rings (SSSR count). The molecule has 0 aromatic heterocycles. The van der Waals surface area contributed by atoms with E-state index in [1.54, 1.807) is 0 Å². The van der Waals surface area contributed by atoms with E-state index in [4.69, 9.17) is 0 Å². The Balaban J connectivity index is 2.71. The van der Waals surface area contributed by atoms with Gasteiger partial charge in [0, 0.05) is 11.6 Å². The lowest BCUT2D eigenvalue weighted by atomic mass is 10.1. The van der Waals surface area contributed by atoms with Gasteiger partial charge in [0.1, 0.15) is 11.6 Å². The summed E-state index contributed by atoms with van der Waals surface area (Å²) in [5, 5.41) is 9.86. The molecule has 19 heavy (non-hydrogen) atoms. The predicted octanol–water partition coefficient (Wildman–Crippen LogP) is 2.87. The summed E-state index contributed by atoms with van der Waals surface area (Å²) in [4.78, 5) is 4.40. The molecule has 1 aromatic rings. The third kappa shape index (κ3) is 4.80. The molecule has 0 heterocycles. The maximum absolute atomic E-state index is 13.3. The molecule has 0 aliphatic heterocycles. The molecule has 0 saturated heterocycles. The van der Waals surface area contributed by atoms with Crippen molar-refractivity contribution >= 4 is 0 Å². The topological polar surface area (TPSA) is 26.7 Å². The average molecular weight is 268 g/mol. The molecule has 0 fully saturated rings. The maximum Gasteiger partial charge on any atom is 0.123 e. The van der Waals surface area contributed by atoms with Crippen LogP contribution in [0.25, 0.3) is 0 Å². The van der Waals surface area contributed by atoms with Gasteiger partial charge in [-0.05, 0) is 65.3 Å². The van der Waals surface area contributed by atoms with Gasteiger partial charge < -0.3 is 10.0 Å². The van der Waals surface area contributed by atoms with E-state index in [1.807, 2.05) is 6.92 Å². The number of halogens is 1. The molecule has 0 bridgehead atoms. The van der Waals surface area contributed by atoms with Crippen LogP contribution in [0.15, 0.2) is 18.2 Å². The van der Waals surface area contributed by atoms with E-state index in [0.717, 1.165) is 26.1 Å². The first-order valence-corrected chi connectivity index (χ1v) is 6.83. The van der Waals surface area contributed by atoms with Gasteiger partial charge in [-0.1, -0.05) is 6.92 Å². The molecule has 0 aliphatic carbocycles. The van der Waals surface area contributed by atoms with Crippen LogP contribution in [-0.2, 0) is 0 Å². The summed E-state index contributed by atoms with van der Waals surface area (Å²) in [5.74, 6) is -0.135. The molecule has 0 spiro atoms. The number of phenolic OH excluding ortho intramolecular Hbond substituents is 1. The number of rotatable bonds is 7. The quantitative estimate of drug-likeness (QED) is 0.823. The largest absolute Gasteiger partial charge is 0.508 e. The van der Waals surface area contributed by atoms with Crippen LogP contribution in [0.5, 0.6) is 5.75 Å². The van der Waals surface area contributed by atoms with Crippen LogP contribution >= 0.6 is 0 Å². The summed E-state index contributed by atoms with van der Waals surface area (Å²) in [7, 11) is 4.11. The Morgan fingerprint density at radius 2 is 1.95 bits per heavy atom. The molecular formula is C15H25FN2O. The Morgan fingerprint density at radius 3 is 2.53 bits per heavy atom. The van der Waals surface area contributed by atoms with Gasteiger partial charge in [0.2, 0.25) is 0 Å². The van der Waals surface area contributed by atoms with Crippen molar-refractivity contribution in [3.8, 4) is 5.75 Å². The molecule has 0 radical (unpaired) electrons. The van der Waals surface area contributed by atoms with Crippen LogP contribution in [0.1, 0.15) is 31.9 Å². The van der Waals surface area contributed by atoms with E-state index in [9.17, 15) is 9.50 Å². The minimum absolute atomic E-state index is 0.0165. The Morgan fingerprint density at radius 1 is 1.26 bits per heavy atom. The minimum atomic E-state index is -0.302. The summed E-state index contributed by atoms with van der Waals surface area (Å²) >= 11 is 0. The zero-order chi connectivity index (χ0) is 14.4. The molecule has 3 nitrogen and oxygen atoms in total. The first kappa shape index (κ1) is 15.9. The van der Waals surface area contributed by atoms with Crippen molar-refractivity contribution in [3.05, 3.63) is 29.6 Å². The van der Waals surface area contributed by atoms with Gasteiger partial charge >= 0.3 is 0 Å². The van der Waals surface area contributed by atoms with Gasteiger partial charge in [-0.15, -0.1) is 0 Å². The molecule has 0 amide bonds. The molecule has 108 valence electrons. The Bertz CT molecular complexity index is 396. The number of hydrogen-bond acceptors (Lipinski definition) is 3. The number of aromatic hydroxyl groups is 1. The lowest BCUT2D eigenvalue weighted by Crippen LogP contribution is -2.30. The minimum Gasteiger partial charge on any atom is -0.508 e. The van der Waals surface area contributed by atoms with Crippen molar-refractivity contribution in [2.45, 2.75) is 26.3 Å². The normalized spacial score (nSPS) is 13.2. The molecule has 0 aliphatic rings. The zero-order valence-corrected chi connectivity index (χ0v) is 12.4. The third-order valence-corrected chi connectivity index (χ3v) is 3.44. The van der Waals surface area contributed by atoms with Crippen LogP contribution < -0.4 is 0 Å². The second-order valence-electron chi connectivity index (χ2n) is 5.16. The summed E-state index contributed by atoms with van der Waals surface area (Å²) in [6.45, 7) is 6.94. The van der Waals surface area contributed by atoms with E-state index in [1.165, 1.54) is 18.2 Å². The SMILES string of the molecule is CCN(CCCN(C)C)C(C)c1cc(F)ccc1O. The smallest absolute Gasteiger partial charge is 0.123 e. The molecule has 1 atom stereocenters. The monoisotopic (exact) mass is 268 g/mol. The first-order chi connectivity index (χ1) is 8.95. The Labute approximate surface area is 115 Å². The highest BCUT2D eigenvalue weighted by molar-refractivity contribution is 5.34. The lowest BCUT2D eigenvalue weighted by molar-refractivity contribution is 0.206. The van der Waals surface area contributed by atoms with Crippen molar-refractivity contribution in [3.63, 3.8) is 0 Å². The Kier molecular flexibility index (Phi) is 6.25. The number of phenols is 1. The van der Waals surface area contributed by atoms with Crippen molar-refractivity contribution < 1.29 is 9.50 Å². The number of benzene rings is 1. The van der Waals surface area contributed by atoms with Gasteiger partial charge in [0.05, 0.1) is 0 Å². The van der Waals surface area contributed by atoms with E-state index in [-0.39, 0.29) is 17.6 Å². The van der Waals surface area contributed by atoms with Gasteiger partial charge in [0.25, 0.3) is 0 Å². The zero-order valence-electron chi connectivity index (χ0n) is 12.4. The second-order valence-corrected chi connectivity index (χ2v) is 5.16. The maximum atomic E-state index is 13.3. The van der Waals surface area contributed by atoms with Crippen LogP contribution in [0.4, 0.5) is 4.39 Å². The van der Waals surface area contributed by atoms with Crippen LogP contribution in [0.2, 0.25) is 0 Å². The number of hydrogen-bond donors (Lipinski definition) is 1. The van der Waals surface area contributed by atoms with Crippen LogP contribution in [-0.4, -0.2) is 48.6 Å². The van der Waals surface area contributed by atoms with Crippen molar-refractivity contribution in [2.24, 2.45) is 0 Å². The predicted molar refractivity (Wildman–Crippen MR) is 76.9 cm³/mol. The standard InChI is InChI=1S/C15H25FN2O/c1-5-18(10-6-9-17(3)4)12(2)14-11-13(16)7-8-15(14)19/h7-8,11-12,19H,5-6,9-10H2,1-4H3. The lowest BCUT2D eigenvalue weighted by Gasteiger charge is -2.29. The van der Waals surface area contributed by atoms with Gasteiger partial charge in [-0.3, -0.25) is 4.90 Å². The van der Waals surface area contributed by atoms with E-state index >= 15 is 0 Å². The van der Waals surface area contributed by atoms with Gasteiger partial charge in [-0.25, -0.2) is 4.39 Å². The molecule has 1 unspecified atom stereocenters. The Hall–Kier alpha value is -1.13. The fourth-order valence-electron chi connectivity index (χ4n) is 2.27. The van der Waals surface area contributed by atoms with Gasteiger partial charge in [-0.2, -0.15) is 0 Å². The highest BCUT2D eigenvalue weighted by Gasteiger charge is 2.17. The summed E-state index contributed by atoms with van der Waals surface area (Å²) in [6, 6.07) is 4.15. The van der Waals surface area contributed by atoms with E-state index < -0.39 is 0 Å². The van der Waals surface area contributed by atoms with Crippen molar-refractivity contribution in [1.82, 2.24) is 9.80 Å². The molecule has 1 N–H and O–H groups in total.